The van der Waals surface area contributed by atoms with Crippen molar-refractivity contribution in [1.82, 2.24) is 15.5 Å². The number of hydrogen-bond acceptors (Lipinski definition) is 6. The van der Waals surface area contributed by atoms with E-state index in [4.69, 9.17) is 4.42 Å². The molecule has 1 N–H and O–H groups in total. The first-order chi connectivity index (χ1) is 10.2. The van der Waals surface area contributed by atoms with E-state index in [0.29, 0.717) is 5.75 Å². The van der Waals surface area contributed by atoms with Crippen molar-refractivity contribution in [2.75, 3.05) is 5.75 Å². The fourth-order valence-corrected chi connectivity index (χ4v) is 3.22. The van der Waals surface area contributed by atoms with Crippen molar-refractivity contribution in [3.05, 3.63) is 41.6 Å². The molecule has 0 bridgehead atoms. The summed E-state index contributed by atoms with van der Waals surface area (Å²) in [6.45, 7) is 1.91. The number of thioether (sulfide) groups is 1. The Kier molecular flexibility index (Phi) is 4.21. The number of fused-ring (bicyclic) bond motifs is 1. The third kappa shape index (κ3) is 3.43. The van der Waals surface area contributed by atoms with Gasteiger partial charge < -0.3 is 9.73 Å². The zero-order chi connectivity index (χ0) is 14.7. The van der Waals surface area contributed by atoms with Crippen LogP contribution in [0.15, 0.2) is 44.6 Å². The maximum Gasteiger partial charge on any atom is 0.231 e. The minimum Gasteiger partial charge on any atom is -0.459 e. The van der Waals surface area contributed by atoms with Crippen molar-refractivity contribution < 1.29 is 9.21 Å². The van der Waals surface area contributed by atoms with Crippen LogP contribution in [0.3, 0.4) is 0 Å². The molecule has 2 heterocycles. The SMILES string of the molecule is C[C@@H](NC(=O)CSc1nncs1)c1cc2ccccc2o1. The Bertz CT molecular complexity index is 707. The van der Waals surface area contributed by atoms with Crippen LogP contribution in [0.1, 0.15) is 18.7 Å². The van der Waals surface area contributed by atoms with Crippen molar-refractivity contribution in [2.24, 2.45) is 0 Å². The Morgan fingerprint density at radius 1 is 1.48 bits per heavy atom. The van der Waals surface area contributed by atoms with Gasteiger partial charge in [-0.05, 0) is 19.1 Å². The molecule has 3 aromatic rings. The van der Waals surface area contributed by atoms with Crippen molar-refractivity contribution >= 4 is 40.0 Å². The molecule has 1 aromatic carbocycles. The Morgan fingerprint density at radius 2 is 2.33 bits per heavy atom. The third-order valence-corrected chi connectivity index (χ3v) is 4.78. The summed E-state index contributed by atoms with van der Waals surface area (Å²) in [6, 6.07) is 9.58. The highest BCUT2D eigenvalue weighted by Gasteiger charge is 2.14. The topological polar surface area (TPSA) is 68.0 Å². The molecule has 21 heavy (non-hydrogen) atoms. The maximum atomic E-state index is 11.9. The number of hydrogen-bond donors (Lipinski definition) is 1. The van der Waals surface area contributed by atoms with Crippen LogP contribution in [-0.4, -0.2) is 21.9 Å². The molecule has 0 radical (unpaired) electrons. The number of aromatic nitrogens is 2. The van der Waals surface area contributed by atoms with Crippen LogP contribution in [0, 0.1) is 0 Å². The van der Waals surface area contributed by atoms with Gasteiger partial charge in [-0.25, -0.2) is 0 Å². The van der Waals surface area contributed by atoms with E-state index in [1.165, 1.54) is 23.1 Å². The van der Waals surface area contributed by atoms with E-state index < -0.39 is 0 Å². The summed E-state index contributed by atoms with van der Waals surface area (Å²) in [6.07, 6.45) is 0. The number of carbonyl (C=O) groups excluding carboxylic acids is 1. The Balaban J connectivity index is 1.60. The quantitative estimate of drug-likeness (QED) is 0.731. The molecule has 1 atom stereocenters. The summed E-state index contributed by atoms with van der Waals surface area (Å²) in [4.78, 5) is 11.9. The van der Waals surface area contributed by atoms with Gasteiger partial charge in [0, 0.05) is 5.39 Å². The number of rotatable bonds is 5. The molecular weight excluding hydrogens is 306 g/mol. The number of nitrogens with zero attached hydrogens (tertiary/aromatic N) is 2. The van der Waals surface area contributed by atoms with Crippen LogP contribution < -0.4 is 5.32 Å². The summed E-state index contributed by atoms with van der Waals surface area (Å²) in [5, 5.41) is 11.6. The highest BCUT2D eigenvalue weighted by atomic mass is 32.2. The number of carbonyl (C=O) groups is 1. The van der Waals surface area contributed by atoms with E-state index in [2.05, 4.69) is 15.5 Å². The predicted octanol–water partition coefficient (Wildman–Crippen LogP) is 3.25. The largest absolute Gasteiger partial charge is 0.459 e. The first kappa shape index (κ1) is 14.1. The van der Waals surface area contributed by atoms with Crippen LogP contribution >= 0.6 is 23.1 Å². The molecule has 0 saturated heterocycles. The van der Waals surface area contributed by atoms with E-state index in [1.807, 2.05) is 37.3 Å². The smallest absolute Gasteiger partial charge is 0.231 e. The molecule has 0 aliphatic carbocycles. The number of benzene rings is 1. The molecule has 0 spiro atoms. The van der Waals surface area contributed by atoms with Gasteiger partial charge in [0.2, 0.25) is 5.91 Å². The maximum absolute atomic E-state index is 11.9. The second-order valence-electron chi connectivity index (χ2n) is 4.47. The number of amides is 1. The fraction of sp³-hybridized carbons (Fsp3) is 0.214. The van der Waals surface area contributed by atoms with Gasteiger partial charge in [0.25, 0.3) is 0 Å². The average molecular weight is 319 g/mol. The lowest BCUT2D eigenvalue weighted by molar-refractivity contribution is -0.119. The molecule has 1 amide bonds. The molecule has 0 fully saturated rings. The average Bonchev–Trinajstić information content (AvgIpc) is 3.14. The molecular formula is C14H13N3O2S2. The Labute approximate surface area is 129 Å². The minimum absolute atomic E-state index is 0.0526. The van der Waals surface area contributed by atoms with Gasteiger partial charge in [0.05, 0.1) is 11.8 Å². The highest BCUT2D eigenvalue weighted by molar-refractivity contribution is 8.01. The Morgan fingerprint density at radius 3 is 3.10 bits per heavy atom. The second kappa shape index (κ2) is 6.28. The van der Waals surface area contributed by atoms with Crippen LogP contribution in [-0.2, 0) is 4.79 Å². The van der Waals surface area contributed by atoms with Gasteiger partial charge in [0.15, 0.2) is 4.34 Å². The predicted molar refractivity (Wildman–Crippen MR) is 83.4 cm³/mol. The molecule has 7 heteroatoms. The van der Waals surface area contributed by atoms with Gasteiger partial charge >= 0.3 is 0 Å². The van der Waals surface area contributed by atoms with E-state index in [1.54, 1.807) is 5.51 Å². The first-order valence-corrected chi connectivity index (χ1v) is 8.26. The molecule has 0 saturated carbocycles. The van der Waals surface area contributed by atoms with Crippen molar-refractivity contribution in [3.8, 4) is 0 Å². The zero-order valence-corrected chi connectivity index (χ0v) is 12.9. The highest BCUT2D eigenvalue weighted by Crippen LogP contribution is 2.24. The van der Waals surface area contributed by atoms with Gasteiger partial charge in [-0.3, -0.25) is 4.79 Å². The van der Waals surface area contributed by atoms with E-state index >= 15 is 0 Å². The number of para-hydroxylation sites is 1. The van der Waals surface area contributed by atoms with Gasteiger partial charge in [-0.2, -0.15) is 0 Å². The van der Waals surface area contributed by atoms with Crippen molar-refractivity contribution in [3.63, 3.8) is 0 Å². The van der Waals surface area contributed by atoms with Crippen LogP contribution in [0.25, 0.3) is 11.0 Å². The van der Waals surface area contributed by atoms with Gasteiger partial charge in [-0.15, -0.1) is 10.2 Å². The standard InChI is InChI=1S/C14H13N3O2S2/c1-9(12-6-10-4-2-3-5-11(10)19-12)16-13(18)7-20-14-17-15-8-21-14/h2-6,8-9H,7H2,1H3,(H,16,18)/t9-/m1/s1. The van der Waals surface area contributed by atoms with Crippen LogP contribution in [0.4, 0.5) is 0 Å². The summed E-state index contributed by atoms with van der Waals surface area (Å²) in [5.41, 5.74) is 2.48. The molecule has 0 unspecified atom stereocenters. The molecule has 2 aromatic heterocycles. The third-order valence-electron chi connectivity index (χ3n) is 2.92. The Hall–Kier alpha value is -1.86. The normalized spacial score (nSPS) is 12.4. The zero-order valence-electron chi connectivity index (χ0n) is 11.3. The van der Waals surface area contributed by atoms with Crippen LogP contribution in [0.2, 0.25) is 0 Å². The lowest BCUT2D eigenvalue weighted by Crippen LogP contribution is -2.27. The van der Waals surface area contributed by atoms with E-state index in [0.717, 1.165) is 21.1 Å². The van der Waals surface area contributed by atoms with E-state index in [9.17, 15) is 4.79 Å². The minimum atomic E-state index is -0.167. The first-order valence-electron chi connectivity index (χ1n) is 6.39. The van der Waals surface area contributed by atoms with Crippen LogP contribution in [0.5, 0.6) is 0 Å². The monoisotopic (exact) mass is 319 g/mol. The molecule has 0 aliphatic heterocycles. The summed E-state index contributed by atoms with van der Waals surface area (Å²) in [5.74, 6) is 1.02. The molecule has 3 rings (SSSR count). The summed E-state index contributed by atoms with van der Waals surface area (Å²) < 4.78 is 6.53. The van der Waals surface area contributed by atoms with Gasteiger partial charge in [0.1, 0.15) is 16.9 Å². The fourth-order valence-electron chi connectivity index (χ4n) is 1.92. The molecule has 0 aliphatic rings. The lowest BCUT2D eigenvalue weighted by atomic mass is 10.2. The van der Waals surface area contributed by atoms with Gasteiger partial charge in [-0.1, -0.05) is 41.3 Å². The lowest BCUT2D eigenvalue weighted by Gasteiger charge is -2.10. The van der Waals surface area contributed by atoms with E-state index in [-0.39, 0.29) is 11.9 Å². The molecule has 108 valence electrons. The number of furan rings is 1. The second-order valence-corrected chi connectivity index (χ2v) is 6.52. The summed E-state index contributed by atoms with van der Waals surface area (Å²) in [7, 11) is 0. The summed E-state index contributed by atoms with van der Waals surface area (Å²) >= 11 is 2.81. The van der Waals surface area contributed by atoms with Crippen molar-refractivity contribution in [2.45, 2.75) is 17.3 Å². The number of nitrogens with one attached hydrogen (secondary N) is 1. The van der Waals surface area contributed by atoms with Crippen molar-refractivity contribution in [1.29, 1.82) is 0 Å². The molecule has 5 nitrogen and oxygen atoms in total.